The topological polar surface area (TPSA) is 58.6 Å². The molecule has 0 radical (unpaired) electrons. The van der Waals surface area contributed by atoms with Gasteiger partial charge in [0.1, 0.15) is 5.54 Å². The van der Waals surface area contributed by atoms with Gasteiger partial charge < -0.3 is 15.2 Å². The van der Waals surface area contributed by atoms with Gasteiger partial charge in [-0.3, -0.25) is 4.79 Å². The van der Waals surface area contributed by atoms with Gasteiger partial charge in [0.15, 0.2) is 0 Å². The van der Waals surface area contributed by atoms with E-state index in [1.807, 2.05) is 13.8 Å². The van der Waals surface area contributed by atoms with Crippen LogP contribution in [0.4, 0.5) is 0 Å². The minimum absolute atomic E-state index is 0.0418. The van der Waals surface area contributed by atoms with Gasteiger partial charge in [0.2, 0.25) is 0 Å². The second-order valence-corrected chi connectivity index (χ2v) is 3.24. The maximum absolute atomic E-state index is 10.9. The predicted molar refractivity (Wildman–Crippen MR) is 44.1 cm³/mol. The first-order valence-corrected chi connectivity index (χ1v) is 4.21. The van der Waals surface area contributed by atoms with Crippen LogP contribution in [0, 0.1) is 0 Å². The lowest BCUT2D eigenvalue weighted by Gasteiger charge is -2.22. The molecule has 0 spiro atoms. The maximum atomic E-state index is 10.9. The van der Waals surface area contributed by atoms with Crippen molar-refractivity contribution in [3.05, 3.63) is 0 Å². The van der Waals surface area contributed by atoms with E-state index in [-0.39, 0.29) is 12.7 Å². The minimum atomic E-state index is -0.839. The average Bonchev–Trinajstić information content (AvgIpc) is 2.34. The summed E-state index contributed by atoms with van der Waals surface area (Å²) in [7, 11) is 0. The molecule has 0 amide bonds. The Labute approximate surface area is 71.9 Å². The van der Waals surface area contributed by atoms with Crippen molar-refractivity contribution in [1.29, 1.82) is 0 Å². The summed E-state index contributed by atoms with van der Waals surface area (Å²) in [5.74, 6) is -0.811. The van der Waals surface area contributed by atoms with Gasteiger partial charge >= 0.3 is 5.97 Å². The van der Waals surface area contributed by atoms with Crippen molar-refractivity contribution in [1.82, 2.24) is 5.32 Å². The van der Waals surface area contributed by atoms with Crippen LogP contribution in [0.1, 0.15) is 20.3 Å². The number of carboxylic acids is 1. The highest BCUT2D eigenvalue weighted by atomic mass is 16.5. The normalized spacial score (nSPS) is 35.3. The first kappa shape index (κ1) is 9.48. The van der Waals surface area contributed by atoms with Crippen LogP contribution in [-0.2, 0) is 9.53 Å². The Hall–Kier alpha value is -0.610. The molecular weight excluding hydrogens is 158 g/mol. The molecule has 0 aromatic heterocycles. The zero-order valence-electron chi connectivity index (χ0n) is 7.46. The summed E-state index contributed by atoms with van der Waals surface area (Å²) in [5, 5.41) is 11.9. The number of nitrogens with one attached hydrogen (secondary N) is 1. The van der Waals surface area contributed by atoms with Gasteiger partial charge in [0.05, 0.1) is 12.7 Å². The number of hydrogen-bond donors (Lipinski definition) is 2. The third kappa shape index (κ3) is 1.59. The molecule has 0 saturated carbocycles. The summed E-state index contributed by atoms with van der Waals surface area (Å²) in [6.45, 7) is 4.72. The van der Waals surface area contributed by atoms with Crippen molar-refractivity contribution in [2.24, 2.45) is 0 Å². The first-order chi connectivity index (χ1) is 5.60. The summed E-state index contributed by atoms with van der Waals surface area (Å²) in [6.07, 6.45) is 0.594. The van der Waals surface area contributed by atoms with Crippen LogP contribution in [0.5, 0.6) is 0 Å². The van der Waals surface area contributed by atoms with E-state index in [0.717, 1.165) is 0 Å². The fourth-order valence-corrected chi connectivity index (χ4v) is 1.58. The van der Waals surface area contributed by atoms with E-state index in [1.54, 1.807) is 0 Å². The summed E-state index contributed by atoms with van der Waals surface area (Å²) in [4.78, 5) is 10.9. The lowest BCUT2D eigenvalue weighted by molar-refractivity contribution is -0.144. The number of carbonyl (C=O) groups is 1. The molecule has 4 heteroatoms. The summed E-state index contributed by atoms with van der Waals surface area (Å²) in [5.41, 5.74) is -0.839. The van der Waals surface area contributed by atoms with Crippen molar-refractivity contribution in [2.75, 3.05) is 13.2 Å². The number of aliphatic carboxylic acids is 1. The Morgan fingerprint density at radius 1 is 1.83 bits per heavy atom. The van der Waals surface area contributed by atoms with E-state index < -0.39 is 11.5 Å². The molecule has 1 fully saturated rings. The quantitative estimate of drug-likeness (QED) is 0.641. The molecule has 1 rings (SSSR count). The Morgan fingerprint density at radius 3 is 2.83 bits per heavy atom. The Morgan fingerprint density at radius 2 is 2.50 bits per heavy atom. The number of likely N-dealkylation sites (N-methyl/N-ethyl adjacent to an activating group) is 1. The SMILES string of the molecule is CCNC1(C(=O)O)COC(C)C1. The first-order valence-electron chi connectivity index (χ1n) is 4.21. The maximum Gasteiger partial charge on any atom is 0.326 e. The highest BCUT2D eigenvalue weighted by molar-refractivity contribution is 5.79. The lowest BCUT2D eigenvalue weighted by Crippen LogP contribution is -2.52. The van der Waals surface area contributed by atoms with E-state index in [2.05, 4.69) is 5.32 Å². The van der Waals surface area contributed by atoms with Crippen molar-refractivity contribution < 1.29 is 14.6 Å². The van der Waals surface area contributed by atoms with E-state index in [4.69, 9.17) is 9.84 Å². The van der Waals surface area contributed by atoms with Crippen LogP contribution >= 0.6 is 0 Å². The molecule has 0 aromatic rings. The largest absolute Gasteiger partial charge is 0.480 e. The van der Waals surface area contributed by atoms with Crippen LogP contribution in [0.2, 0.25) is 0 Å². The van der Waals surface area contributed by atoms with E-state index >= 15 is 0 Å². The fraction of sp³-hybridized carbons (Fsp3) is 0.875. The monoisotopic (exact) mass is 173 g/mol. The van der Waals surface area contributed by atoms with Crippen LogP contribution in [-0.4, -0.2) is 35.9 Å². The van der Waals surface area contributed by atoms with Gasteiger partial charge in [-0.15, -0.1) is 0 Å². The predicted octanol–water partition coefficient (Wildman–Crippen LogP) is 0.228. The molecule has 12 heavy (non-hydrogen) atoms. The van der Waals surface area contributed by atoms with Gasteiger partial charge in [-0.2, -0.15) is 0 Å². The second kappa shape index (κ2) is 3.41. The van der Waals surface area contributed by atoms with E-state index in [1.165, 1.54) is 0 Å². The van der Waals surface area contributed by atoms with Crippen LogP contribution < -0.4 is 5.32 Å². The molecule has 2 N–H and O–H groups in total. The van der Waals surface area contributed by atoms with Gasteiger partial charge in [-0.1, -0.05) is 6.92 Å². The molecule has 2 atom stereocenters. The molecular formula is C8H15NO3. The molecule has 4 nitrogen and oxygen atoms in total. The Bertz CT molecular complexity index is 179. The highest BCUT2D eigenvalue weighted by Crippen LogP contribution is 2.23. The smallest absolute Gasteiger partial charge is 0.326 e. The van der Waals surface area contributed by atoms with Crippen molar-refractivity contribution >= 4 is 5.97 Å². The number of ether oxygens (including phenoxy) is 1. The molecule has 1 aliphatic rings. The minimum Gasteiger partial charge on any atom is -0.480 e. The van der Waals surface area contributed by atoms with E-state index in [9.17, 15) is 4.79 Å². The molecule has 1 aliphatic heterocycles. The van der Waals surface area contributed by atoms with Crippen LogP contribution in [0.25, 0.3) is 0 Å². The molecule has 70 valence electrons. The van der Waals surface area contributed by atoms with Gasteiger partial charge in [-0.05, 0) is 13.5 Å². The van der Waals surface area contributed by atoms with Gasteiger partial charge in [0.25, 0.3) is 0 Å². The molecule has 1 heterocycles. The molecule has 1 saturated heterocycles. The standard InChI is InChI=1S/C8H15NO3/c1-3-9-8(7(10)11)4-6(2)12-5-8/h6,9H,3-5H2,1-2H3,(H,10,11). The molecule has 0 bridgehead atoms. The zero-order chi connectivity index (χ0) is 9.19. The third-order valence-corrected chi connectivity index (χ3v) is 2.17. The Kier molecular flexibility index (Phi) is 2.69. The van der Waals surface area contributed by atoms with Crippen molar-refractivity contribution in [3.8, 4) is 0 Å². The van der Waals surface area contributed by atoms with E-state index in [0.29, 0.717) is 13.0 Å². The fourth-order valence-electron chi connectivity index (χ4n) is 1.58. The third-order valence-electron chi connectivity index (χ3n) is 2.17. The number of hydrogen-bond acceptors (Lipinski definition) is 3. The summed E-state index contributed by atoms with van der Waals surface area (Å²) >= 11 is 0. The number of rotatable bonds is 3. The summed E-state index contributed by atoms with van der Waals surface area (Å²) in [6, 6.07) is 0. The highest BCUT2D eigenvalue weighted by Gasteiger charge is 2.44. The molecule has 0 aromatic carbocycles. The average molecular weight is 173 g/mol. The second-order valence-electron chi connectivity index (χ2n) is 3.24. The van der Waals surface area contributed by atoms with Crippen molar-refractivity contribution in [2.45, 2.75) is 31.9 Å². The van der Waals surface area contributed by atoms with Crippen molar-refractivity contribution in [3.63, 3.8) is 0 Å². The molecule has 2 unspecified atom stereocenters. The lowest BCUT2D eigenvalue weighted by atomic mass is 9.96. The zero-order valence-corrected chi connectivity index (χ0v) is 7.46. The Balaban J connectivity index is 2.67. The number of carboxylic acid groups (broad SMARTS) is 1. The molecule has 0 aliphatic carbocycles. The van der Waals surface area contributed by atoms with Crippen LogP contribution in [0.15, 0.2) is 0 Å². The van der Waals surface area contributed by atoms with Crippen LogP contribution in [0.3, 0.4) is 0 Å². The summed E-state index contributed by atoms with van der Waals surface area (Å²) < 4.78 is 5.24. The van der Waals surface area contributed by atoms with Gasteiger partial charge in [-0.25, -0.2) is 0 Å². The van der Waals surface area contributed by atoms with Gasteiger partial charge in [0, 0.05) is 6.42 Å².